The molecule has 0 bridgehead atoms. The number of carbonyl (C=O) groups excluding carboxylic acids is 1. The van der Waals surface area contributed by atoms with Crippen LogP contribution in [-0.2, 0) is 4.79 Å². The minimum atomic E-state index is -0.328. The van der Waals surface area contributed by atoms with Crippen molar-refractivity contribution in [3.05, 3.63) is 0 Å². The Balaban J connectivity index is 2.73. The van der Waals surface area contributed by atoms with Crippen LogP contribution in [0, 0.1) is 0 Å². The summed E-state index contributed by atoms with van der Waals surface area (Å²) in [4.78, 5) is 13.3. The van der Waals surface area contributed by atoms with Crippen LogP contribution >= 0.6 is 35.7 Å². The molecule has 1 atom stereocenters. The number of thiocarbonyl (C=S) groups is 1. The molecule has 1 aliphatic heterocycles. The molecule has 1 fully saturated rings. The number of hydrogen-bond acceptors (Lipinski definition) is 4. The van der Waals surface area contributed by atoms with Gasteiger partial charge in [0.1, 0.15) is 8.28 Å². The summed E-state index contributed by atoms with van der Waals surface area (Å²) in [5.41, 5.74) is 0. The molecular weight excluding hydrogens is 210 g/mol. The van der Waals surface area contributed by atoms with Crippen LogP contribution in [0.4, 0.5) is 0 Å². The smallest absolute Gasteiger partial charge is 0.239 e. The molecular formula is C7H11NOS3. The highest BCUT2D eigenvalue weighted by atomic mass is 32.2. The molecule has 1 rings (SSSR count). The van der Waals surface area contributed by atoms with Gasteiger partial charge in [-0.15, -0.1) is 11.8 Å². The summed E-state index contributed by atoms with van der Waals surface area (Å²) in [6, 6.07) is 0. The molecule has 0 saturated carbocycles. The van der Waals surface area contributed by atoms with Gasteiger partial charge in [-0.2, -0.15) is 0 Å². The molecule has 12 heavy (non-hydrogen) atoms. The quantitative estimate of drug-likeness (QED) is 0.627. The molecule has 1 unspecified atom stereocenters. The van der Waals surface area contributed by atoms with Gasteiger partial charge in [-0.1, -0.05) is 24.0 Å². The topological polar surface area (TPSA) is 20.3 Å². The van der Waals surface area contributed by atoms with Gasteiger partial charge in [0.2, 0.25) is 5.91 Å². The Bertz CT molecular complexity index is 229. The minimum Gasteiger partial charge on any atom is -0.348 e. The molecule has 0 spiro atoms. The molecule has 1 amide bonds. The van der Waals surface area contributed by atoms with Gasteiger partial charge in [0.15, 0.2) is 0 Å². The maximum Gasteiger partial charge on any atom is 0.239 e. The molecule has 2 nitrogen and oxygen atoms in total. The number of carbonyl (C=O) groups is 1. The Hall–Kier alpha value is 0.260. The van der Waals surface area contributed by atoms with E-state index in [4.69, 9.17) is 12.2 Å². The van der Waals surface area contributed by atoms with Crippen LogP contribution < -0.4 is 0 Å². The first kappa shape index (κ1) is 10.3. The van der Waals surface area contributed by atoms with Crippen molar-refractivity contribution in [3.8, 4) is 0 Å². The van der Waals surface area contributed by atoms with E-state index in [0.29, 0.717) is 0 Å². The SMILES string of the molecule is CN(C)C(=O)C1(C)CSC(=S)S1. The van der Waals surface area contributed by atoms with Crippen molar-refractivity contribution < 1.29 is 4.79 Å². The lowest BCUT2D eigenvalue weighted by Crippen LogP contribution is -2.41. The van der Waals surface area contributed by atoms with Crippen LogP contribution in [-0.4, -0.2) is 38.9 Å². The third-order valence-corrected chi connectivity index (χ3v) is 4.92. The van der Waals surface area contributed by atoms with Gasteiger partial charge in [0.05, 0.1) is 0 Å². The molecule has 0 aromatic rings. The van der Waals surface area contributed by atoms with Gasteiger partial charge in [-0.25, -0.2) is 0 Å². The van der Waals surface area contributed by atoms with Gasteiger partial charge in [0, 0.05) is 19.8 Å². The largest absolute Gasteiger partial charge is 0.348 e. The fraction of sp³-hybridized carbons (Fsp3) is 0.714. The Morgan fingerprint density at radius 1 is 1.67 bits per heavy atom. The van der Waals surface area contributed by atoms with E-state index < -0.39 is 0 Å². The second kappa shape index (κ2) is 3.55. The summed E-state index contributed by atoms with van der Waals surface area (Å²) in [6.45, 7) is 1.95. The lowest BCUT2D eigenvalue weighted by molar-refractivity contribution is -0.130. The third-order valence-electron chi connectivity index (χ3n) is 1.63. The van der Waals surface area contributed by atoms with Crippen molar-refractivity contribution >= 4 is 45.2 Å². The molecule has 1 aliphatic rings. The maximum absolute atomic E-state index is 11.6. The lowest BCUT2D eigenvalue weighted by Gasteiger charge is -2.23. The average Bonchev–Trinajstić information content (AvgIpc) is 2.31. The van der Waals surface area contributed by atoms with E-state index in [9.17, 15) is 4.79 Å². The first-order chi connectivity index (χ1) is 5.46. The van der Waals surface area contributed by atoms with Crippen molar-refractivity contribution in [2.24, 2.45) is 0 Å². The molecule has 1 heterocycles. The number of amides is 1. The second-order valence-electron chi connectivity index (χ2n) is 3.07. The minimum absolute atomic E-state index is 0.153. The van der Waals surface area contributed by atoms with Crippen LogP contribution in [0.3, 0.4) is 0 Å². The van der Waals surface area contributed by atoms with Gasteiger partial charge in [-0.3, -0.25) is 4.79 Å². The summed E-state index contributed by atoms with van der Waals surface area (Å²) >= 11 is 8.13. The van der Waals surface area contributed by atoms with Gasteiger partial charge >= 0.3 is 0 Å². The molecule has 0 N–H and O–H groups in total. The van der Waals surface area contributed by atoms with Crippen LogP contribution in [0.25, 0.3) is 0 Å². The Morgan fingerprint density at radius 3 is 2.58 bits per heavy atom. The number of nitrogens with zero attached hydrogens (tertiary/aromatic N) is 1. The van der Waals surface area contributed by atoms with Crippen molar-refractivity contribution in [3.63, 3.8) is 0 Å². The summed E-state index contributed by atoms with van der Waals surface area (Å²) in [7, 11) is 3.56. The van der Waals surface area contributed by atoms with E-state index >= 15 is 0 Å². The van der Waals surface area contributed by atoms with Crippen LogP contribution in [0.1, 0.15) is 6.92 Å². The molecule has 1 saturated heterocycles. The van der Waals surface area contributed by atoms with Crippen molar-refractivity contribution in [1.29, 1.82) is 0 Å². The molecule has 0 radical (unpaired) electrons. The Kier molecular flexibility index (Phi) is 3.06. The number of hydrogen-bond donors (Lipinski definition) is 0. The summed E-state index contributed by atoms with van der Waals surface area (Å²) < 4.78 is 0.554. The molecule has 68 valence electrons. The average molecular weight is 221 g/mol. The fourth-order valence-corrected chi connectivity index (χ4v) is 4.28. The summed E-state index contributed by atoms with van der Waals surface area (Å²) in [5, 5.41) is 0. The van der Waals surface area contributed by atoms with Crippen LogP contribution in [0.2, 0.25) is 0 Å². The van der Waals surface area contributed by atoms with Crippen molar-refractivity contribution in [2.75, 3.05) is 19.8 Å². The van der Waals surface area contributed by atoms with Gasteiger partial charge in [0.25, 0.3) is 0 Å². The van der Waals surface area contributed by atoms with E-state index in [-0.39, 0.29) is 10.7 Å². The predicted octanol–water partition coefficient (Wildman–Crippen LogP) is 1.60. The van der Waals surface area contributed by atoms with E-state index in [0.717, 1.165) is 9.28 Å². The Labute approximate surface area is 86.4 Å². The first-order valence-corrected chi connectivity index (χ1v) is 5.74. The van der Waals surface area contributed by atoms with Crippen LogP contribution in [0.5, 0.6) is 0 Å². The molecule has 0 aromatic heterocycles. The number of thioether (sulfide) groups is 2. The standard InChI is InChI=1S/C7H11NOS3/c1-7(5(9)8(2)3)4-11-6(10)12-7/h4H2,1-3H3. The highest BCUT2D eigenvalue weighted by Gasteiger charge is 2.41. The van der Waals surface area contributed by atoms with E-state index in [1.165, 1.54) is 11.8 Å². The number of rotatable bonds is 1. The van der Waals surface area contributed by atoms with E-state index in [1.807, 2.05) is 6.92 Å². The molecule has 5 heteroatoms. The zero-order chi connectivity index (χ0) is 9.35. The van der Waals surface area contributed by atoms with Crippen LogP contribution in [0.15, 0.2) is 0 Å². The second-order valence-corrected chi connectivity index (χ2v) is 6.75. The highest BCUT2D eigenvalue weighted by molar-refractivity contribution is 8.50. The predicted molar refractivity (Wildman–Crippen MR) is 59.7 cm³/mol. The normalized spacial score (nSPS) is 29.1. The lowest BCUT2D eigenvalue weighted by atomic mass is 10.2. The zero-order valence-electron chi connectivity index (χ0n) is 7.29. The van der Waals surface area contributed by atoms with E-state index in [1.54, 1.807) is 30.8 Å². The van der Waals surface area contributed by atoms with Crippen molar-refractivity contribution in [2.45, 2.75) is 11.7 Å². The Morgan fingerprint density at radius 2 is 2.25 bits per heavy atom. The molecule has 0 aliphatic carbocycles. The van der Waals surface area contributed by atoms with E-state index in [2.05, 4.69) is 0 Å². The molecule has 0 aromatic carbocycles. The maximum atomic E-state index is 11.6. The fourth-order valence-electron chi connectivity index (χ4n) is 1.02. The van der Waals surface area contributed by atoms with Crippen molar-refractivity contribution in [1.82, 2.24) is 4.90 Å². The zero-order valence-corrected chi connectivity index (χ0v) is 9.74. The summed E-state index contributed by atoms with van der Waals surface area (Å²) in [5.74, 6) is 0.952. The highest BCUT2D eigenvalue weighted by Crippen LogP contribution is 2.42. The summed E-state index contributed by atoms with van der Waals surface area (Å²) in [6.07, 6.45) is 0. The third kappa shape index (κ3) is 1.95. The van der Waals surface area contributed by atoms with Gasteiger partial charge < -0.3 is 4.90 Å². The first-order valence-electron chi connectivity index (χ1n) is 3.53. The van der Waals surface area contributed by atoms with Gasteiger partial charge in [-0.05, 0) is 6.92 Å². The monoisotopic (exact) mass is 221 g/mol.